The van der Waals surface area contributed by atoms with Crippen molar-refractivity contribution in [2.24, 2.45) is 11.8 Å². The molecule has 0 aromatic carbocycles. The molecule has 0 saturated carbocycles. The van der Waals surface area contributed by atoms with Crippen LogP contribution in [-0.2, 0) is 14.4 Å². The number of hydrogen-bond donors (Lipinski definition) is 0. The third-order valence-electron chi connectivity index (χ3n) is 4.12. The Morgan fingerprint density at radius 1 is 1.30 bits per heavy atom. The Bertz CT molecular complexity index is 365. The number of hydrogen-bond acceptors (Lipinski definition) is 3. The number of likely N-dealkylation sites (tertiary alicyclic amines) is 1. The zero-order chi connectivity index (χ0) is 15.1. The maximum Gasteiger partial charge on any atom is 0.233 e. The molecule has 1 aliphatic heterocycles. The van der Waals surface area contributed by atoms with Crippen molar-refractivity contribution in [1.82, 2.24) is 4.90 Å². The van der Waals surface area contributed by atoms with E-state index in [1.807, 2.05) is 0 Å². The number of nitrogens with zero attached hydrogens (tertiary/aromatic N) is 1. The van der Waals surface area contributed by atoms with E-state index in [-0.39, 0.29) is 23.5 Å². The summed E-state index contributed by atoms with van der Waals surface area (Å²) in [5.41, 5.74) is 0. The summed E-state index contributed by atoms with van der Waals surface area (Å²) in [6, 6.07) is 0. The van der Waals surface area contributed by atoms with Crippen molar-refractivity contribution in [2.75, 3.05) is 6.54 Å². The number of carbonyl (C=O) groups excluding carboxylic acids is 3. The summed E-state index contributed by atoms with van der Waals surface area (Å²) in [5.74, 6) is 0.377. The van der Waals surface area contributed by atoms with E-state index in [0.29, 0.717) is 25.3 Å². The van der Waals surface area contributed by atoms with Gasteiger partial charge in [0.1, 0.15) is 5.78 Å². The van der Waals surface area contributed by atoms with Crippen molar-refractivity contribution < 1.29 is 14.4 Å². The minimum Gasteiger partial charge on any atom is -0.300 e. The van der Waals surface area contributed by atoms with Crippen LogP contribution in [0.4, 0.5) is 0 Å². The molecule has 0 radical (unpaired) electrons. The van der Waals surface area contributed by atoms with E-state index in [1.54, 1.807) is 6.92 Å². The number of Topliss-reactive ketones (excluding diaryl/α,β-unsaturated/α-hetero) is 1. The molecule has 1 aliphatic rings. The van der Waals surface area contributed by atoms with Gasteiger partial charge in [0.25, 0.3) is 0 Å². The van der Waals surface area contributed by atoms with Gasteiger partial charge < -0.3 is 4.79 Å². The summed E-state index contributed by atoms with van der Waals surface area (Å²) in [6.07, 6.45) is 5.57. The monoisotopic (exact) mass is 281 g/mol. The third-order valence-corrected chi connectivity index (χ3v) is 4.12. The fourth-order valence-electron chi connectivity index (χ4n) is 2.87. The van der Waals surface area contributed by atoms with Crippen molar-refractivity contribution >= 4 is 17.6 Å². The van der Waals surface area contributed by atoms with Gasteiger partial charge in [0.15, 0.2) is 0 Å². The van der Waals surface area contributed by atoms with Crippen molar-refractivity contribution in [1.29, 1.82) is 0 Å². The molecule has 0 N–H and O–H groups in total. The molecule has 1 fully saturated rings. The van der Waals surface area contributed by atoms with Gasteiger partial charge in [0, 0.05) is 25.3 Å². The number of rotatable bonds is 9. The molecular weight excluding hydrogens is 254 g/mol. The van der Waals surface area contributed by atoms with E-state index in [4.69, 9.17) is 0 Å². The molecule has 0 bridgehead atoms. The fourth-order valence-corrected chi connectivity index (χ4v) is 2.87. The quantitative estimate of drug-likeness (QED) is 0.482. The topological polar surface area (TPSA) is 54.5 Å². The molecule has 20 heavy (non-hydrogen) atoms. The molecule has 2 amide bonds. The van der Waals surface area contributed by atoms with Crippen molar-refractivity contribution in [3.8, 4) is 0 Å². The Hall–Kier alpha value is -1.19. The molecule has 2 unspecified atom stereocenters. The molecule has 0 spiro atoms. The molecular formula is C16H27NO3. The second-order valence-electron chi connectivity index (χ2n) is 5.97. The van der Waals surface area contributed by atoms with Crippen LogP contribution in [-0.4, -0.2) is 29.0 Å². The molecule has 2 atom stereocenters. The highest BCUT2D eigenvalue weighted by Crippen LogP contribution is 2.29. The summed E-state index contributed by atoms with van der Waals surface area (Å²) < 4.78 is 0. The zero-order valence-electron chi connectivity index (χ0n) is 13.0. The van der Waals surface area contributed by atoms with Gasteiger partial charge in [-0.2, -0.15) is 0 Å². The summed E-state index contributed by atoms with van der Waals surface area (Å²) in [4.78, 5) is 36.4. The first-order valence-electron chi connectivity index (χ1n) is 7.81. The van der Waals surface area contributed by atoms with Crippen molar-refractivity contribution in [3.63, 3.8) is 0 Å². The lowest BCUT2D eigenvalue weighted by atomic mass is 9.89. The molecule has 0 aromatic rings. The fraction of sp³-hybridized carbons (Fsp3) is 0.812. The van der Waals surface area contributed by atoms with E-state index in [0.717, 1.165) is 32.1 Å². The average molecular weight is 281 g/mol. The maximum absolute atomic E-state index is 12.3. The normalized spacial score (nSPS) is 20.6. The number of imide groups is 1. The highest BCUT2D eigenvalue weighted by Gasteiger charge is 2.40. The van der Waals surface area contributed by atoms with Crippen LogP contribution in [0.25, 0.3) is 0 Å². The first-order valence-corrected chi connectivity index (χ1v) is 7.81. The van der Waals surface area contributed by atoms with E-state index in [1.165, 1.54) is 4.90 Å². The Labute approximate surface area is 121 Å². The molecule has 4 nitrogen and oxygen atoms in total. The lowest BCUT2D eigenvalue weighted by Crippen LogP contribution is -2.32. The minimum absolute atomic E-state index is 0.0162. The average Bonchev–Trinajstić information content (AvgIpc) is 2.65. The molecule has 0 aromatic heterocycles. The molecule has 1 saturated heterocycles. The first-order chi connectivity index (χ1) is 9.47. The van der Waals surface area contributed by atoms with Gasteiger partial charge in [-0.3, -0.25) is 14.5 Å². The van der Waals surface area contributed by atoms with E-state index in [9.17, 15) is 14.4 Å². The van der Waals surface area contributed by atoms with E-state index >= 15 is 0 Å². The van der Waals surface area contributed by atoms with Crippen LogP contribution in [0.5, 0.6) is 0 Å². The van der Waals surface area contributed by atoms with Crippen LogP contribution >= 0.6 is 0 Å². The van der Waals surface area contributed by atoms with Gasteiger partial charge in [0.05, 0.1) is 0 Å². The lowest BCUT2D eigenvalue weighted by molar-refractivity contribution is -0.140. The van der Waals surface area contributed by atoms with Gasteiger partial charge in [0.2, 0.25) is 11.8 Å². The lowest BCUT2D eigenvalue weighted by Gasteiger charge is -2.18. The number of amides is 2. The summed E-state index contributed by atoms with van der Waals surface area (Å²) in [7, 11) is 0. The summed E-state index contributed by atoms with van der Waals surface area (Å²) in [5, 5.41) is 0. The molecule has 114 valence electrons. The first kappa shape index (κ1) is 16.9. The SMILES string of the molecule is CCCC(C)C1CC(=O)N(CCCCCC(C)=O)C1=O. The van der Waals surface area contributed by atoms with Gasteiger partial charge >= 0.3 is 0 Å². The van der Waals surface area contributed by atoms with Gasteiger partial charge in [-0.25, -0.2) is 0 Å². The van der Waals surface area contributed by atoms with Crippen LogP contribution in [0.15, 0.2) is 0 Å². The minimum atomic E-state index is -0.111. The Kier molecular flexibility index (Phi) is 6.89. The predicted molar refractivity (Wildman–Crippen MR) is 78.0 cm³/mol. The maximum atomic E-state index is 12.3. The molecule has 4 heteroatoms. The van der Waals surface area contributed by atoms with Crippen LogP contribution in [0, 0.1) is 11.8 Å². The van der Waals surface area contributed by atoms with Crippen molar-refractivity contribution in [3.05, 3.63) is 0 Å². The van der Waals surface area contributed by atoms with E-state index in [2.05, 4.69) is 13.8 Å². The van der Waals surface area contributed by atoms with E-state index < -0.39 is 0 Å². The van der Waals surface area contributed by atoms with Gasteiger partial charge in [-0.15, -0.1) is 0 Å². The van der Waals surface area contributed by atoms with Crippen LogP contribution < -0.4 is 0 Å². The largest absolute Gasteiger partial charge is 0.300 e. The standard InChI is InChI=1S/C16H27NO3/c1-4-8-12(2)14-11-15(19)17(16(14)20)10-7-5-6-9-13(3)18/h12,14H,4-11H2,1-3H3. The van der Waals surface area contributed by atoms with Crippen molar-refractivity contribution in [2.45, 2.75) is 65.7 Å². The Morgan fingerprint density at radius 2 is 2.00 bits per heavy atom. The second kappa shape index (κ2) is 8.18. The third kappa shape index (κ3) is 4.73. The Morgan fingerprint density at radius 3 is 2.60 bits per heavy atom. The smallest absolute Gasteiger partial charge is 0.233 e. The number of unbranched alkanes of at least 4 members (excludes halogenated alkanes) is 2. The Balaban J connectivity index is 2.37. The highest BCUT2D eigenvalue weighted by atomic mass is 16.2. The second-order valence-corrected chi connectivity index (χ2v) is 5.97. The van der Waals surface area contributed by atoms with Crippen LogP contribution in [0.2, 0.25) is 0 Å². The predicted octanol–water partition coefficient (Wildman–Crippen LogP) is 2.95. The molecule has 1 heterocycles. The summed E-state index contributed by atoms with van der Waals surface area (Å²) >= 11 is 0. The summed E-state index contributed by atoms with van der Waals surface area (Å²) in [6.45, 7) is 6.28. The number of ketones is 1. The zero-order valence-corrected chi connectivity index (χ0v) is 13.0. The number of carbonyl (C=O) groups is 3. The van der Waals surface area contributed by atoms with Crippen LogP contribution in [0.1, 0.15) is 65.7 Å². The molecule has 1 rings (SSSR count). The highest BCUT2D eigenvalue weighted by molar-refractivity contribution is 6.03. The van der Waals surface area contributed by atoms with Crippen LogP contribution in [0.3, 0.4) is 0 Å². The van der Waals surface area contributed by atoms with Gasteiger partial charge in [-0.1, -0.05) is 33.1 Å². The van der Waals surface area contributed by atoms with Gasteiger partial charge in [-0.05, 0) is 25.7 Å². The molecule has 0 aliphatic carbocycles.